The minimum atomic E-state index is -1.37. The number of fused-ring (bicyclic) bond motifs is 1. The van der Waals surface area contributed by atoms with Gasteiger partial charge in [-0.15, -0.1) is 0 Å². The summed E-state index contributed by atoms with van der Waals surface area (Å²) in [6, 6.07) is 4.54. The third-order valence-electron chi connectivity index (χ3n) is 3.37. The smallest absolute Gasteiger partial charge is 0.271 e. The molecule has 1 aliphatic carbocycles. The summed E-state index contributed by atoms with van der Waals surface area (Å²) < 4.78 is 5.23. The van der Waals surface area contributed by atoms with Crippen molar-refractivity contribution in [2.24, 2.45) is 5.10 Å². The van der Waals surface area contributed by atoms with Gasteiger partial charge in [-0.25, -0.2) is 5.43 Å². The highest BCUT2D eigenvalue weighted by atomic mass is 16.4. The Bertz CT molecular complexity index is 749. The fraction of sp³-hybridized carbons (Fsp3) is 0.200. The molecule has 1 amide bonds. The van der Waals surface area contributed by atoms with Crippen molar-refractivity contribution >= 4 is 17.6 Å². The van der Waals surface area contributed by atoms with Gasteiger partial charge in [-0.1, -0.05) is 0 Å². The van der Waals surface area contributed by atoms with Crippen LogP contribution in [-0.4, -0.2) is 22.6 Å². The predicted molar refractivity (Wildman–Crippen MR) is 74.2 cm³/mol. The van der Waals surface area contributed by atoms with Crippen LogP contribution in [-0.2, 0) is 6.42 Å². The van der Waals surface area contributed by atoms with E-state index in [1.54, 1.807) is 12.1 Å². The molecule has 7 nitrogen and oxygen atoms in total. The van der Waals surface area contributed by atoms with Crippen LogP contribution >= 0.6 is 0 Å². The number of pyridine rings is 1. The minimum absolute atomic E-state index is 0.222. The molecule has 0 spiro atoms. The second-order valence-electron chi connectivity index (χ2n) is 4.82. The Balaban J connectivity index is 1.82. The van der Waals surface area contributed by atoms with E-state index in [2.05, 4.69) is 15.5 Å². The number of carbonyl (C=O) groups excluding carboxylic acids is 2. The van der Waals surface area contributed by atoms with Crippen molar-refractivity contribution in [2.75, 3.05) is 0 Å². The number of nitrogens with one attached hydrogen (secondary N) is 1. The molecule has 3 rings (SSSR count). The van der Waals surface area contributed by atoms with E-state index in [0.717, 1.165) is 6.42 Å². The summed E-state index contributed by atoms with van der Waals surface area (Å²) in [7, 11) is 0. The molecule has 22 heavy (non-hydrogen) atoms. The van der Waals surface area contributed by atoms with Crippen LogP contribution in [0.15, 0.2) is 40.1 Å². The zero-order valence-electron chi connectivity index (χ0n) is 11.5. The van der Waals surface area contributed by atoms with Gasteiger partial charge in [-0.3, -0.25) is 9.78 Å². The van der Waals surface area contributed by atoms with E-state index in [9.17, 15) is 14.7 Å². The van der Waals surface area contributed by atoms with Crippen LogP contribution in [0.4, 0.5) is 0 Å². The van der Waals surface area contributed by atoms with Crippen LogP contribution in [0.5, 0.6) is 0 Å². The van der Waals surface area contributed by atoms with E-state index < -0.39 is 5.97 Å². The average molecular weight is 298 g/mol. The Labute approximate surface area is 125 Å². The maximum atomic E-state index is 11.9. The number of hydrazone groups is 1. The topological polar surface area (TPSA) is 108 Å². The van der Waals surface area contributed by atoms with Crippen LogP contribution in [0, 0.1) is 0 Å². The molecule has 0 saturated carbocycles. The van der Waals surface area contributed by atoms with Gasteiger partial charge >= 0.3 is 0 Å². The van der Waals surface area contributed by atoms with Crippen molar-refractivity contribution in [3.8, 4) is 0 Å². The second-order valence-corrected chi connectivity index (χ2v) is 4.82. The number of hydrogen-bond donors (Lipinski definition) is 1. The molecular formula is C15H12N3O4-. The average Bonchev–Trinajstić information content (AvgIpc) is 2.98. The first-order valence-electron chi connectivity index (χ1n) is 6.76. The molecule has 2 heterocycles. The van der Waals surface area contributed by atoms with Crippen molar-refractivity contribution in [1.29, 1.82) is 0 Å². The lowest BCUT2D eigenvalue weighted by molar-refractivity contribution is -0.257. The number of nitrogens with zero attached hydrogens (tertiary/aromatic N) is 2. The Kier molecular flexibility index (Phi) is 3.69. The third-order valence-corrected chi connectivity index (χ3v) is 3.37. The van der Waals surface area contributed by atoms with Crippen LogP contribution in [0.3, 0.4) is 0 Å². The lowest BCUT2D eigenvalue weighted by Crippen LogP contribution is -2.22. The van der Waals surface area contributed by atoms with Gasteiger partial charge in [-0.2, -0.15) is 5.10 Å². The number of aromatic nitrogens is 1. The fourth-order valence-corrected chi connectivity index (χ4v) is 2.31. The van der Waals surface area contributed by atoms with Crippen LogP contribution in [0.25, 0.3) is 0 Å². The van der Waals surface area contributed by atoms with Gasteiger partial charge in [0.05, 0.1) is 5.71 Å². The molecule has 0 unspecified atom stereocenters. The Morgan fingerprint density at radius 2 is 2.05 bits per heavy atom. The molecule has 1 aliphatic rings. The zero-order valence-corrected chi connectivity index (χ0v) is 11.5. The zero-order chi connectivity index (χ0) is 15.5. The quantitative estimate of drug-likeness (QED) is 0.831. The summed E-state index contributed by atoms with van der Waals surface area (Å²) >= 11 is 0. The van der Waals surface area contributed by atoms with E-state index >= 15 is 0 Å². The van der Waals surface area contributed by atoms with E-state index in [-0.39, 0.29) is 11.7 Å². The Morgan fingerprint density at radius 3 is 2.77 bits per heavy atom. The van der Waals surface area contributed by atoms with E-state index in [0.29, 0.717) is 35.4 Å². The van der Waals surface area contributed by atoms with Gasteiger partial charge in [0.15, 0.2) is 0 Å². The maximum absolute atomic E-state index is 11.9. The third kappa shape index (κ3) is 2.73. The molecule has 7 heteroatoms. The molecule has 0 saturated heterocycles. The number of carboxylic acids is 1. The lowest BCUT2D eigenvalue weighted by atomic mass is 9.96. The first-order valence-corrected chi connectivity index (χ1v) is 6.76. The highest BCUT2D eigenvalue weighted by molar-refractivity contribution is 6.04. The van der Waals surface area contributed by atoms with Gasteiger partial charge in [0, 0.05) is 29.9 Å². The SMILES string of the molecule is O=C(N/N=C1/CCCc2oc(C(=O)[O-])cc21)c1ccncc1. The van der Waals surface area contributed by atoms with E-state index in [4.69, 9.17) is 4.42 Å². The molecule has 2 aromatic heterocycles. The van der Waals surface area contributed by atoms with Crippen molar-refractivity contribution in [3.05, 3.63) is 53.2 Å². The van der Waals surface area contributed by atoms with E-state index in [1.165, 1.54) is 18.5 Å². The van der Waals surface area contributed by atoms with Gasteiger partial charge in [0.2, 0.25) is 0 Å². The summed E-state index contributed by atoms with van der Waals surface area (Å²) in [5.74, 6) is -1.39. The number of hydrogen-bond acceptors (Lipinski definition) is 6. The van der Waals surface area contributed by atoms with Crippen molar-refractivity contribution in [1.82, 2.24) is 10.4 Å². The number of rotatable bonds is 3. The molecule has 0 fully saturated rings. The Hall–Kier alpha value is -2.96. The fourth-order valence-electron chi connectivity index (χ4n) is 2.31. The van der Waals surface area contributed by atoms with Gasteiger partial charge in [-0.05, 0) is 31.0 Å². The number of carboxylic acid groups (broad SMARTS) is 1. The minimum Gasteiger partial charge on any atom is -0.542 e. The van der Waals surface area contributed by atoms with Crippen LogP contribution in [0.1, 0.15) is 45.1 Å². The summed E-state index contributed by atoms with van der Waals surface area (Å²) in [6.45, 7) is 0. The standard InChI is InChI=1S/C15H13N3O4/c19-14(9-4-6-16-7-5-9)18-17-11-2-1-3-12-10(11)8-13(22-12)15(20)21/h4-8H,1-3H2,(H,18,19)(H,20,21)/p-1/b17-11-. The van der Waals surface area contributed by atoms with Gasteiger partial charge in [0.1, 0.15) is 17.5 Å². The number of carbonyl (C=O) groups is 2. The monoisotopic (exact) mass is 298 g/mol. The molecule has 0 aliphatic heterocycles. The summed E-state index contributed by atoms with van der Waals surface area (Å²) in [6.07, 6.45) is 5.08. The lowest BCUT2D eigenvalue weighted by Gasteiger charge is -2.12. The highest BCUT2D eigenvalue weighted by Gasteiger charge is 2.21. The molecule has 1 N–H and O–H groups in total. The van der Waals surface area contributed by atoms with Crippen molar-refractivity contribution in [2.45, 2.75) is 19.3 Å². The second kappa shape index (κ2) is 5.80. The van der Waals surface area contributed by atoms with Crippen molar-refractivity contribution in [3.63, 3.8) is 0 Å². The molecular weight excluding hydrogens is 286 g/mol. The summed E-state index contributed by atoms with van der Waals surface area (Å²) in [4.78, 5) is 26.6. The predicted octanol–water partition coefficient (Wildman–Crippen LogP) is 0.508. The van der Waals surface area contributed by atoms with Crippen LogP contribution in [0.2, 0.25) is 0 Å². The van der Waals surface area contributed by atoms with E-state index in [1.807, 2.05) is 0 Å². The number of furan rings is 1. The first-order chi connectivity index (χ1) is 10.6. The van der Waals surface area contributed by atoms with Crippen molar-refractivity contribution < 1.29 is 19.1 Å². The Morgan fingerprint density at radius 1 is 1.27 bits per heavy atom. The first kappa shape index (κ1) is 14.0. The largest absolute Gasteiger partial charge is 0.542 e. The number of amides is 1. The highest BCUT2D eigenvalue weighted by Crippen LogP contribution is 2.25. The maximum Gasteiger partial charge on any atom is 0.271 e. The van der Waals surface area contributed by atoms with Crippen LogP contribution < -0.4 is 10.5 Å². The van der Waals surface area contributed by atoms with Gasteiger partial charge < -0.3 is 14.3 Å². The molecule has 0 radical (unpaired) electrons. The summed E-state index contributed by atoms with van der Waals surface area (Å²) in [5, 5.41) is 15.0. The number of aromatic carboxylic acids is 1. The normalized spacial score (nSPS) is 15.4. The molecule has 0 bridgehead atoms. The summed E-state index contributed by atoms with van der Waals surface area (Å²) in [5.41, 5.74) is 4.12. The molecule has 112 valence electrons. The molecule has 0 atom stereocenters. The molecule has 2 aromatic rings. The van der Waals surface area contributed by atoms with Gasteiger partial charge in [0.25, 0.3) is 5.91 Å². The number of aryl methyl sites for hydroxylation is 1. The molecule has 0 aromatic carbocycles.